The summed E-state index contributed by atoms with van der Waals surface area (Å²) in [6, 6.07) is 0. The van der Waals surface area contributed by atoms with Crippen molar-refractivity contribution in [2.45, 2.75) is 12.8 Å². The van der Waals surface area contributed by atoms with E-state index in [9.17, 15) is 8.78 Å². The van der Waals surface area contributed by atoms with E-state index >= 15 is 0 Å². The first kappa shape index (κ1) is 10.8. The quantitative estimate of drug-likeness (QED) is 0.388. The van der Waals surface area contributed by atoms with E-state index in [1.54, 1.807) is 0 Å². The zero-order valence-electron chi connectivity index (χ0n) is 6.86. The van der Waals surface area contributed by atoms with Gasteiger partial charge in [-0.3, -0.25) is 0 Å². The van der Waals surface area contributed by atoms with Gasteiger partial charge in [0, 0.05) is 0 Å². The summed E-state index contributed by atoms with van der Waals surface area (Å²) in [7, 11) is 0. The summed E-state index contributed by atoms with van der Waals surface area (Å²) in [4.78, 5) is 0. The topological polar surface area (TPSA) is 33.1 Å². The van der Waals surface area contributed by atoms with E-state index in [0.29, 0.717) is 0 Å². The van der Waals surface area contributed by atoms with Crippen LogP contribution in [0.15, 0.2) is 24.5 Å². The molecule has 0 aromatic heterocycles. The number of rotatable bonds is 5. The molecule has 0 unspecified atom stereocenters. The molecular weight excluding hydrogens is 164 g/mol. The van der Waals surface area contributed by atoms with E-state index in [1.165, 1.54) is 6.92 Å². The van der Waals surface area contributed by atoms with Gasteiger partial charge in [-0.15, -0.1) is 0 Å². The Morgan fingerprint density at radius 3 is 2.42 bits per heavy atom. The number of hydrogen-bond donors (Lipinski definition) is 1. The van der Waals surface area contributed by atoms with Crippen molar-refractivity contribution in [3.05, 3.63) is 24.5 Å². The van der Waals surface area contributed by atoms with Gasteiger partial charge in [-0.05, 0) is 12.5 Å². The standard InChI is InChI=1S/C8H11F2NO/c1-6(2)8(9,10)5-12-7(3)4-11/h4,11H,1,3,5H2,2H3. The second-order valence-corrected chi connectivity index (χ2v) is 2.38. The van der Waals surface area contributed by atoms with Gasteiger partial charge >= 0.3 is 5.92 Å². The van der Waals surface area contributed by atoms with Crippen molar-refractivity contribution in [3.63, 3.8) is 0 Å². The van der Waals surface area contributed by atoms with Crippen LogP contribution in [0.5, 0.6) is 0 Å². The van der Waals surface area contributed by atoms with Crippen LogP contribution in [0, 0.1) is 5.41 Å². The molecule has 0 saturated carbocycles. The lowest BCUT2D eigenvalue weighted by Gasteiger charge is -2.16. The number of hydrogen-bond acceptors (Lipinski definition) is 2. The largest absolute Gasteiger partial charge is 0.486 e. The van der Waals surface area contributed by atoms with E-state index in [1.807, 2.05) is 0 Å². The van der Waals surface area contributed by atoms with Crippen LogP contribution in [0.4, 0.5) is 8.78 Å². The van der Waals surface area contributed by atoms with Crippen molar-refractivity contribution < 1.29 is 13.5 Å². The highest BCUT2D eigenvalue weighted by Gasteiger charge is 2.30. The van der Waals surface area contributed by atoms with Gasteiger partial charge in [-0.2, -0.15) is 8.78 Å². The second-order valence-electron chi connectivity index (χ2n) is 2.38. The molecule has 0 heterocycles. The summed E-state index contributed by atoms with van der Waals surface area (Å²) in [5, 5.41) is 6.61. The summed E-state index contributed by atoms with van der Waals surface area (Å²) in [6.07, 6.45) is 0.772. The Labute approximate surface area is 70.0 Å². The lowest BCUT2D eigenvalue weighted by Crippen LogP contribution is -2.24. The minimum absolute atomic E-state index is 0.0871. The SMILES string of the molecule is C=C(C=N)OCC(F)(F)C(=C)C. The summed E-state index contributed by atoms with van der Waals surface area (Å²) >= 11 is 0. The molecular formula is C8H11F2NO. The Hall–Kier alpha value is -1.19. The van der Waals surface area contributed by atoms with Crippen LogP contribution >= 0.6 is 0 Å². The molecule has 0 aliphatic carbocycles. The maximum Gasteiger partial charge on any atom is 0.302 e. The first-order valence-corrected chi connectivity index (χ1v) is 3.26. The molecule has 0 atom stereocenters. The Morgan fingerprint density at radius 1 is 1.58 bits per heavy atom. The molecule has 0 fully saturated rings. The minimum atomic E-state index is -3.05. The van der Waals surface area contributed by atoms with Gasteiger partial charge in [0.25, 0.3) is 0 Å². The predicted molar refractivity (Wildman–Crippen MR) is 43.6 cm³/mol. The normalized spacial score (nSPS) is 10.6. The van der Waals surface area contributed by atoms with Crippen LogP contribution in [0.3, 0.4) is 0 Å². The lowest BCUT2D eigenvalue weighted by atomic mass is 10.2. The summed E-state index contributed by atoms with van der Waals surface area (Å²) in [5.41, 5.74) is -0.264. The van der Waals surface area contributed by atoms with Crippen LogP contribution in [0.2, 0.25) is 0 Å². The lowest BCUT2D eigenvalue weighted by molar-refractivity contribution is -0.0238. The molecule has 0 saturated heterocycles. The third-order valence-electron chi connectivity index (χ3n) is 1.22. The van der Waals surface area contributed by atoms with Gasteiger partial charge in [-0.25, -0.2) is 0 Å². The first-order valence-electron chi connectivity index (χ1n) is 3.26. The van der Waals surface area contributed by atoms with Gasteiger partial charge in [0.1, 0.15) is 5.76 Å². The molecule has 4 heteroatoms. The summed E-state index contributed by atoms with van der Waals surface area (Å²) in [5.74, 6) is -3.14. The minimum Gasteiger partial charge on any atom is -0.486 e. The van der Waals surface area contributed by atoms with E-state index in [-0.39, 0.29) is 11.3 Å². The maximum atomic E-state index is 12.7. The van der Waals surface area contributed by atoms with Crippen LogP contribution < -0.4 is 0 Å². The van der Waals surface area contributed by atoms with Gasteiger partial charge in [0.05, 0.1) is 6.21 Å². The molecule has 0 aliphatic heterocycles. The Bertz CT molecular complexity index is 211. The first-order chi connectivity index (χ1) is 5.40. The molecule has 0 rings (SSSR count). The van der Waals surface area contributed by atoms with Crippen molar-refractivity contribution in [1.29, 1.82) is 5.41 Å². The molecule has 0 radical (unpaired) electrons. The molecule has 0 amide bonds. The average molecular weight is 175 g/mol. The molecule has 0 aromatic rings. The Kier molecular flexibility index (Phi) is 3.60. The summed E-state index contributed by atoms with van der Waals surface area (Å²) < 4.78 is 29.9. The molecule has 0 aromatic carbocycles. The van der Waals surface area contributed by atoms with Crippen molar-refractivity contribution in [2.24, 2.45) is 0 Å². The molecule has 0 aliphatic rings. The van der Waals surface area contributed by atoms with Gasteiger partial charge < -0.3 is 10.1 Å². The van der Waals surface area contributed by atoms with E-state index in [2.05, 4.69) is 17.9 Å². The number of halogens is 2. The van der Waals surface area contributed by atoms with Crippen LogP contribution in [-0.2, 0) is 4.74 Å². The third-order valence-corrected chi connectivity index (χ3v) is 1.22. The number of ether oxygens (including phenoxy) is 1. The smallest absolute Gasteiger partial charge is 0.302 e. The maximum absolute atomic E-state index is 12.7. The van der Waals surface area contributed by atoms with E-state index < -0.39 is 12.5 Å². The fourth-order valence-electron chi connectivity index (χ4n) is 0.348. The highest BCUT2D eigenvalue weighted by atomic mass is 19.3. The highest BCUT2D eigenvalue weighted by molar-refractivity contribution is 5.71. The fourth-order valence-corrected chi connectivity index (χ4v) is 0.348. The van der Waals surface area contributed by atoms with Crippen LogP contribution in [-0.4, -0.2) is 18.7 Å². The van der Waals surface area contributed by atoms with Crippen molar-refractivity contribution >= 4 is 6.21 Å². The zero-order chi connectivity index (χ0) is 9.78. The summed E-state index contributed by atoms with van der Waals surface area (Å²) in [6.45, 7) is 6.73. The molecule has 0 bridgehead atoms. The number of alkyl halides is 2. The Balaban J connectivity index is 4.00. The molecule has 12 heavy (non-hydrogen) atoms. The average Bonchev–Trinajstić information content (AvgIpc) is 2.00. The van der Waals surface area contributed by atoms with E-state index in [0.717, 1.165) is 6.21 Å². The molecule has 2 nitrogen and oxygen atoms in total. The van der Waals surface area contributed by atoms with Gasteiger partial charge in [-0.1, -0.05) is 13.2 Å². The molecule has 0 spiro atoms. The monoisotopic (exact) mass is 175 g/mol. The van der Waals surface area contributed by atoms with Crippen molar-refractivity contribution in [3.8, 4) is 0 Å². The van der Waals surface area contributed by atoms with Crippen LogP contribution in [0.1, 0.15) is 6.92 Å². The molecule has 68 valence electrons. The van der Waals surface area contributed by atoms with Crippen molar-refractivity contribution in [1.82, 2.24) is 0 Å². The number of allylic oxidation sites excluding steroid dienone is 1. The van der Waals surface area contributed by atoms with Gasteiger partial charge in [0.15, 0.2) is 6.61 Å². The van der Waals surface area contributed by atoms with Crippen LogP contribution in [0.25, 0.3) is 0 Å². The van der Waals surface area contributed by atoms with Gasteiger partial charge in [0.2, 0.25) is 0 Å². The zero-order valence-corrected chi connectivity index (χ0v) is 6.86. The predicted octanol–water partition coefficient (Wildman–Crippen LogP) is 2.38. The van der Waals surface area contributed by atoms with Crippen molar-refractivity contribution in [2.75, 3.05) is 6.61 Å². The van der Waals surface area contributed by atoms with E-state index in [4.69, 9.17) is 5.41 Å². The Morgan fingerprint density at radius 2 is 2.08 bits per heavy atom. The molecule has 1 N–H and O–H groups in total. The number of nitrogens with one attached hydrogen (secondary N) is 1. The highest BCUT2D eigenvalue weighted by Crippen LogP contribution is 2.22. The third kappa shape index (κ3) is 3.27. The second kappa shape index (κ2) is 3.99. The fraction of sp³-hybridized carbons (Fsp3) is 0.375.